The average Bonchev–Trinajstić information content (AvgIpc) is 2.68. The van der Waals surface area contributed by atoms with E-state index in [1.807, 2.05) is 6.07 Å². The van der Waals surface area contributed by atoms with Gasteiger partial charge >= 0.3 is 5.97 Å². The third-order valence-corrected chi connectivity index (χ3v) is 3.17. The van der Waals surface area contributed by atoms with Crippen LogP contribution in [0.3, 0.4) is 0 Å². The van der Waals surface area contributed by atoms with Crippen LogP contribution >= 0.6 is 22.9 Å². The first kappa shape index (κ1) is 10.1. The van der Waals surface area contributed by atoms with Crippen LogP contribution in [-0.2, 0) is 0 Å². The number of rotatable bonds is 2. The molecule has 2 rings (SSSR count). The summed E-state index contributed by atoms with van der Waals surface area (Å²) >= 11 is 6.87. The third-order valence-electron chi connectivity index (χ3n) is 1.83. The van der Waals surface area contributed by atoms with Crippen molar-refractivity contribution in [3.8, 4) is 10.4 Å². The van der Waals surface area contributed by atoms with Gasteiger partial charge < -0.3 is 5.11 Å². The molecule has 2 aromatic rings. The Morgan fingerprint density at radius 3 is 2.67 bits per heavy atom. The SMILES string of the molecule is O=C(O)c1ccc(-c2ccc(Cl)nc2)s1. The Balaban J connectivity index is 2.37. The van der Waals surface area contributed by atoms with Crippen LogP contribution in [-0.4, -0.2) is 16.1 Å². The molecule has 0 unspecified atom stereocenters. The van der Waals surface area contributed by atoms with Gasteiger partial charge in [-0.15, -0.1) is 11.3 Å². The summed E-state index contributed by atoms with van der Waals surface area (Å²) in [6.45, 7) is 0. The van der Waals surface area contributed by atoms with Crippen LogP contribution in [0.15, 0.2) is 30.5 Å². The number of carbonyl (C=O) groups is 1. The number of halogens is 1. The summed E-state index contributed by atoms with van der Waals surface area (Å²) in [5.74, 6) is -0.909. The number of carboxylic acids is 1. The normalized spacial score (nSPS) is 10.2. The van der Waals surface area contributed by atoms with Crippen LogP contribution in [0.2, 0.25) is 5.15 Å². The fourth-order valence-electron chi connectivity index (χ4n) is 1.13. The highest BCUT2D eigenvalue weighted by Crippen LogP contribution is 2.27. The van der Waals surface area contributed by atoms with Crippen molar-refractivity contribution in [3.63, 3.8) is 0 Å². The smallest absolute Gasteiger partial charge is 0.345 e. The minimum atomic E-state index is -0.909. The van der Waals surface area contributed by atoms with E-state index in [0.717, 1.165) is 10.4 Å². The molecule has 3 nitrogen and oxygen atoms in total. The highest BCUT2D eigenvalue weighted by molar-refractivity contribution is 7.17. The summed E-state index contributed by atoms with van der Waals surface area (Å²) in [5, 5.41) is 9.19. The van der Waals surface area contributed by atoms with Crippen molar-refractivity contribution in [2.45, 2.75) is 0 Å². The van der Waals surface area contributed by atoms with E-state index in [2.05, 4.69) is 4.98 Å². The predicted octanol–water partition coefficient (Wildman–Crippen LogP) is 3.16. The van der Waals surface area contributed by atoms with E-state index in [9.17, 15) is 4.79 Å². The average molecular weight is 240 g/mol. The number of nitrogens with zero attached hydrogens (tertiary/aromatic N) is 1. The number of aromatic carboxylic acids is 1. The van der Waals surface area contributed by atoms with Gasteiger partial charge in [0, 0.05) is 16.6 Å². The zero-order valence-corrected chi connectivity index (χ0v) is 9.05. The van der Waals surface area contributed by atoms with Gasteiger partial charge in [0.25, 0.3) is 0 Å². The fraction of sp³-hybridized carbons (Fsp3) is 0. The molecule has 0 aliphatic rings. The Kier molecular flexibility index (Phi) is 2.70. The zero-order chi connectivity index (χ0) is 10.8. The Morgan fingerprint density at radius 2 is 2.13 bits per heavy atom. The van der Waals surface area contributed by atoms with Crippen molar-refractivity contribution in [1.29, 1.82) is 0 Å². The van der Waals surface area contributed by atoms with Crippen molar-refractivity contribution >= 4 is 28.9 Å². The molecule has 0 saturated carbocycles. The van der Waals surface area contributed by atoms with Crippen LogP contribution in [0.5, 0.6) is 0 Å². The largest absolute Gasteiger partial charge is 0.477 e. The second-order valence-corrected chi connectivity index (χ2v) is 4.31. The van der Waals surface area contributed by atoms with Gasteiger partial charge in [-0.3, -0.25) is 0 Å². The second kappa shape index (κ2) is 4.00. The summed E-state index contributed by atoms with van der Waals surface area (Å²) in [6, 6.07) is 6.83. The van der Waals surface area contributed by atoms with E-state index in [4.69, 9.17) is 16.7 Å². The van der Waals surface area contributed by atoms with Gasteiger partial charge in [-0.25, -0.2) is 9.78 Å². The van der Waals surface area contributed by atoms with Gasteiger partial charge in [0.2, 0.25) is 0 Å². The number of thiophene rings is 1. The molecule has 0 bridgehead atoms. The maximum atomic E-state index is 10.7. The van der Waals surface area contributed by atoms with Crippen molar-refractivity contribution in [2.24, 2.45) is 0 Å². The van der Waals surface area contributed by atoms with Crippen molar-refractivity contribution in [3.05, 3.63) is 40.5 Å². The molecule has 0 amide bonds. The Labute approximate surface area is 95.0 Å². The lowest BCUT2D eigenvalue weighted by Gasteiger charge is -1.95. The molecule has 0 saturated heterocycles. The molecular weight excluding hydrogens is 234 g/mol. The second-order valence-electron chi connectivity index (χ2n) is 2.84. The van der Waals surface area contributed by atoms with Crippen molar-refractivity contribution in [2.75, 3.05) is 0 Å². The fourth-order valence-corrected chi connectivity index (χ4v) is 2.08. The van der Waals surface area contributed by atoms with E-state index in [0.29, 0.717) is 10.0 Å². The topological polar surface area (TPSA) is 50.2 Å². The van der Waals surface area contributed by atoms with Crippen LogP contribution in [0.4, 0.5) is 0 Å². The molecule has 1 N–H and O–H groups in total. The maximum absolute atomic E-state index is 10.7. The lowest BCUT2D eigenvalue weighted by molar-refractivity contribution is 0.0702. The highest BCUT2D eigenvalue weighted by atomic mass is 35.5. The zero-order valence-electron chi connectivity index (χ0n) is 7.48. The molecule has 0 atom stereocenters. The van der Waals surface area contributed by atoms with Gasteiger partial charge in [-0.2, -0.15) is 0 Å². The molecule has 0 fully saturated rings. The number of hydrogen-bond donors (Lipinski definition) is 1. The van der Waals surface area contributed by atoms with E-state index in [-0.39, 0.29) is 0 Å². The molecule has 0 radical (unpaired) electrons. The first-order valence-electron chi connectivity index (χ1n) is 4.12. The summed E-state index contributed by atoms with van der Waals surface area (Å²) in [4.78, 5) is 15.8. The van der Waals surface area contributed by atoms with Crippen LogP contribution in [0, 0.1) is 0 Å². The summed E-state index contributed by atoms with van der Waals surface area (Å²) in [6.07, 6.45) is 1.62. The molecule has 0 spiro atoms. The van der Waals surface area contributed by atoms with Gasteiger partial charge in [0.05, 0.1) is 0 Å². The van der Waals surface area contributed by atoms with Crippen LogP contribution in [0.25, 0.3) is 10.4 Å². The molecule has 0 aliphatic carbocycles. The van der Waals surface area contributed by atoms with Crippen molar-refractivity contribution < 1.29 is 9.90 Å². The molecular formula is C10H6ClNO2S. The summed E-state index contributed by atoms with van der Waals surface area (Å²) < 4.78 is 0. The number of hydrogen-bond acceptors (Lipinski definition) is 3. The number of pyridine rings is 1. The Hall–Kier alpha value is -1.39. The van der Waals surface area contributed by atoms with E-state index < -0.39 is 5.97 Å². The summed E-state index contributed by atoms with van der Waals surface area (Å²) in [7, 11) is 0. The van der Waals surface area contributed by atoms with E-state index in [1.165, 1.54) is 11.3 Å². The minimum Gasteiger partial charge on any atom is -0.477 e. The number of carboxylic acid groups (broad SMARTS) is 1. The predicted molar refractivity (Wildman–Crippen MR) is 59.5 cm³/mol. The Morgan fingerprint density at radius 1 is 1.33 bits per heavy atom. The Bertz CT molecular complexity index is 492. The molecule has 0 aromatic carbocycles. The van der Waals surface area contributed by atoms with Gasteiger partial charge in [-0.1, -0.05) is 11.6 Å². The van der Waals surface area contributed by atoms with Gasteiger partial charge in [-0.05, 0) is 24.3 Å². The quantitative estimate of drug-likeness (QED) is 0.819. The lowest BCUT2D eigenvalue weighted by atomic mass is 10.2. The first-order chi connectivity index (χ1) is 7.16. The first-order valence-corrected chi connectivity index (χ1v) is 5.31. The molecule has 2 heterocycles. The molecule has 5 heteroatoms. The maximum Gasteiger partial charge on any atom is 0.345 e. The molecule has 0 aliphatic heterocycles. The van der Waals surface area contributed by atoms with E-state index >= 15 is 0 Å². The summed E-state index contributed by atoms with van der Waals surface area (Å²) in [5.41, 5.74) is 0.872. The standard InChI is InChI=1S/C10H6ClNO2S/c11-9-4-1-6(5-12-9)7-2-3-8(15-7)10(13)14/h1-5H,(H,13,14). The molecule has 2 aromatic heterocycles. The molecule has 76 valence electrons. The van der Waals surface area contributed by atoms with Crippen molar-refractivity contribution in [1.82, 2.24) is 4.98 Å². The van der Waals surface area contributed by atoms with Crippen LogP contribution in [0.1, 0.15) is 9.67 Å². The number of aromatic nitrogens is 1. The van der Waals surface area contributed by atoms with Gasteiger partial charge in [0.15, 0.2) is 0 Å². The van der Waals surface area contributed by atoms with Gasteiger partial charge in [0.1, 0.15) is 10.0 Å². The van der Waals surface area contributed by atoms with Crippen LogP contribution < -0.4 is 0 Å². The third kappa shape index (κ3) is 2.16. The highest BCUT2D eigenvalue weighted by Gasteiger charge is 2.08. The monoisotopic (exact) mass is 239 g/mol. The lowest BCUT2D eigenvalue weighted by Crippen LogP contribution is -1.89. The van der Waals surface area contributed by atoms with E-state index in [1.54, 1.807) is 24.4 Å². The minimum absolute atomic E-state index is 0.319. The molecule has 15 heavy (non-hydrogen) atoms.